The highest BCUT2D eigenvalue weighted by Gasteiger charge is 2.17. The highest BCUT2D eigenvalue weighted by Crippen LogP contribution is 2.40. The third-order valence-electron chi connectivity index (χ3n) is 5.39. The number of anilines is 1. The van der Waals surface area contributed by atoms with Crippen molar-refractivity contribution >= 4 is 17.7 Å². The average Bonchev–Trinajstić information content (AvgIpc) is 3.13. The summed E-state index contributed by atoms with van der Waals surface area (Å²) in [7, 11) is 6.10. The number of carbonyl (C=O) groups excluding carboxylic acids is 1. The first-order valence-corrected chi connectivity index (χ1v) is 10.4. The first-order chi connectivity index (χ1) is 16.4. The van der Waals surface area contributed by atoms with Gasteiger partial charge in [-0.2, -0.15) is 5.26 Å². The molecule has 0 fully saturated rings. The van der Waals surface area contributed by atoms with Gasteiger partial charge in [-0.3, -0.25) is 4.79 Å². The number of amides is 1. The Labute approximate surface area is 198 Å². The molecule has 0 aliphatic carbocycles. The molecule has 0 bridgehead atoms. The van der Waals surface area contributed by atoms with Gasteiger partial charge in [0.05, 0.1) is 28.4 Å². The third-order valence-corrected chi connectivity index (χ3v) is 5.39. The summed E-state index contributed by atoms with van der Waals surface area (Å²) in [5, 5.41) is 12.4. The van der Waals surface area contributed by atoms with Crippen molar-refractivity contribution in [1.82, 2.24) is 4.57 Å². The quantitative estimate of drug-likeness (QED) is 0.387. The topological polar surface area (TPSA) is 94.7 Å². The molecule has 0 aliphatic rings. The van der Waals surface area contributed by atoms with Crippen LogP contribution >= 0.6 is 0 Å². The molecule has 3 rings (SSSR count). The molecule has 0 unspecified atom stereocenters. The van der Waals surface area contributed by atoms with Gasteiger partial charge in [-0.05, 0) is 55.8 Å². The lowest BCUT2D eigenvalue weighted by Crippen LogP contribution is -2.14. The molecule has 176 valence electrons. The number of aryl methyl sites for hydroxylation is 1. The van der Waals surface area contributed by atoms with Gasteiger partial charge in [0.25, 0.3) is 5.91 Å². The van der Waals surface area contributed by atoms with Crippen LogP contribution < -0.4 is 24.3 Å². The summed E-state index contributed by atoms with van der Waals surface area (Å²) in [6, 6.07) is 14.8. The van der Waals surface area contributed by atoms with Crippen molar-refractivity contribution in [3.8, 4) is 34.8 Å². The SMILES string of the molecule is COc1ccc(-n2c(C)cc(/C=C(/C#N)C(=O)Nc3cc(OC)c(OC)c(OC)c3)c2C)cc1. The maximum atomic E-state index is 12.9. The molecule has 3 aromatic rings. The van der Waals surface area contributed by atoms with Gasteiger partial charge < -0.3 is 28.8 Å². The van der Waals surface area contributed by atoms with E-state index in [1.165, 1.54) is 21.3 Å². The van der Waals surface area contributed by atoms with Crippen molar-refractivity contribution < 1.29 is 23.7 Å². The van der Waals surface area contributed by atoms with E-state index < -0.39 is 5.91 Å². The minimum Gasteiger partial charge on any atom is -0.497 e. The molecule has 8 nitrogen and oxygen atoms in total. The fourth-order valence-corrected chi connectivity index (χ4v) is 3.72. The molecule has 0 saturated heterocycles. The van der Waals surface area contributed by atoms with Crippen LogP contribution in [-0.2, 0) is 4.79 Å². The van der Waals surface area contributed by atoms with Crippen LogP contribution in [0.25, 0.3) is 11.8 Å². The summed E-state index contributed by atoms with van der Waals surface area (Å²) in [6.45, 7) is 3.91. The first kappa shape index (κ1) is 24.3. The van der Waals surface area contributed by atoms with Gasteiger partial charge in [0.15, 0.2) is 11.5 Å². The molecule has 1 N–H and O–H groups in total. The second kappa shape index (κ2) is 10.5. The lowest BCUT2D eigenvalue weighted by molar-refractivity contribution is -0.112. The van der Waals surface area contributed by atoms with Crippen LogP contribution in [0.3, 0.4) is 0 Å². The number of nitriles is 1. The highest BCUT2D eigenvalue weighted by atomic mass is 16.5. The number of carbonyl (C=O) groups is 1. The van der Waals surface area contributed by atoms with Crippen molar-refractivity contribution in [3.63, 3.8) is 0 Å². The summed E-state index contributed by atoms with van der Waals surface area (Å²) in [5.41, 5.74) is 3.96. The summed E-state index contributed by atoms with van der Waals surface area (Å²) < 4.78 is 23.2. The van der Waals surface area contributed by atoms with Crippen LogP contribution in [0.4, 0.5) is 5.69 Å². The number of aromatic nitrogens is 1. The van der Waals surface area contributed by atoms with Crippen LogP contribution in [0.1, 0.15) is 17.0 Å². The van der Waals surface area contributed by atoms with Crippen LogP contribution in [0.2, 0.25) is 0 Å². The van der Waals surface area contributed by atoms with Crippen molar-refractivity contribution in [2.24, 2.45) is 0 Å². The second-order valence-corrected chi connectivity index (χ2v) is 7.40. The number of nitrogens with zero attached hydrogens (tertiary/aromatic N) is 2. The maximum absolute atomic E-state index is 12.9. The Balaban J connectivity index is 1.92. The number of rotatable bonds is 8. The van der Waals surface area contributed by atoms with Crippen LogP contribution in [0, 0.1) is 25.2 Å². The minimum atomic E-state index is -0.550. The number of hydrogen-bond acceptors (Lipinski definition) is 6. The van der Waals surface area contributed by atoms with Crippen LogP contribution in [0.5, 0.6) is 23.0 Å². The van der Waals surface area contributed by atoms with E-state index >= 15 is 0 Å². The van der Waals surface area contributed by atoms with E-state index in [1.54, 1.807) is 25.3 Å². The number of nitrogens with one attached hydrogen (secondary N) is 1. The van der Waals surface area contributed by atoms with Gasteiger partial charge in [0.1, 0.15) is 17.4 Å². The Bertz CT molecular complexity index is 1240. The van der Waals surface area contributed by atoms with E-state index in [0.29, 0.717) is 22.9 Å². The summed E-state index contributed by atoms with van der Waals surface area (Å²) in [5.74, 6) is 1.41. The van der Waals surface area contributed by atoms with Crippen molar-refractivity contribution in [2.45, 2.75) is 13.8 Å². The largest absolute Gasteiger partial charge is 0.497 e. The van der Waals surface area contributed by atoms with Gasteiger partial charge in [0, 0.05) is 34.9 Å². The Morgan fingerprint density at radius 1 is 0.941 bits per heavy atom. The molecule has 1 amide bonds. The zero-order valence-electron chi connectivity index (χ0n) is 20.1. The fraction of sp³-hybridized carbons (Fsp3) is 0.231. The summed E-state index contributed by atoms with van der Waals surface area (Å²) >= 11 is 0. The average molecular weight is 462 g/mol. The maximum Gasteiger partial charge on any atom is 0.266 e. The van der Waals surface area contributed by atoms with E-state index in [9.17, 15) is 10.1 Å². The van der Waals surface area contributed by atoms with Gasteiger partial charge in [0.2, 0.25) is 5.75 Å². The molecule has 0 radical (unpaired) electrons. The minimum absolute atomic E-state index is 0.0382. The molecule has 1 heterocycles. The Kier molecular flexibility index (Phi) is 7.49. The lowest BCUT2D eigenvalue weighted by atomic mass is 10.1. The zero-order valence-corrected chi connectivity index (χ0v) is 20.1. The predicted molar refractivity (Wildman–Crippen MR) is 130 cm³/mol. The van der Waals surface area contributed by atoms with Crippen LogP contribution in [-0.4, -0.2) is 38.9 Å². The second-order valence-electron chi connectivity index (χ2n) is 7.40. The molecule has 0 spiro atoms. The lowest BCUT2D eigenvalue weighted by Gasteiger charge is -2.14. The van der Waals surface area contributed by atoms with Gasteiger partial charge in [-0.25, -0.2) is 0 Å². The Hall–Kier alpha value is -4.38. The van der Waals surface area contributed by atoms with E-state index in [-0.39, 0.29) is 5.57 Å². The molecular formula is C26H27N3O5. The Morgan fingerprint density at radius 3 is 2.06 bits per heavy atom. The number of methoxy groups -OCH3 is 4. The standard InChI is InChI=1S/C26H27N3O5/c1-16-11-18(17(2)29(16)21-7-9-22(31-3)10-8-21)12-19(15-27)26(30)28-20-13-23(32-4)25(34-6)24(14-20)33-5/h7-14H,1-6H3,(H,28,30)/b19-12-. The molecule has 2 aromatic carbocycles. The molecular weight excluding hydrogens is 434 g/mol. The molecule has 0 aliphatic heterocycles. The molecule has 0 atom stereocenters. The summed E-state index contributed by atoms with van der Waals surface area (Å²) in [6.07, 6.45) is 1.58. The molecule has 0 saturated carbocycles. The van der Waals surface area contributed by atoms with Crippen molar-refractivity contribution in [2.75, 3.05) is 33.8 Å². The van der Waals surface area contributed by atoms with Gasteiger partial charge >= 0.3 is 0 Å². The van der Waals surface area contributed by atoms with Gasteiger partial charge in [-0.15, -0.1) is 0 Å². The first-order valence-electron chi connectivity index (χ1n) is 10.4. The number of ether oxygens (including phenoxy) is 4. The van der Waals surface area contributed by atoms with Gasteiger partial charge in [-0.1, -0.05) is 0 Å². The summed E-state index contributed by atoms with van der Waals surface area (Å²) in [4.78, 5) is 12.9. The molecule has 8 heteroatoms. The smallest absolute Gasteiger partial charge is 0.266 e. The van der Waals surface area contributed by atoms with Crippen LogP contribution in [0.15, 0.2) is 48.0 Å². The normalized spacial score (nSPS) is 10.9. The van der Waals surface area contributed by atoms with E-state index in [2.05, 4.69) is 9.88 Å². The molecule has 34 heavy (non-hydrogen) atoms. The van der Waals surface area contributed by atoms with E-state index in [4.69, 9.17) is 18.9 Å². The van der Waals surface area contributed by atoms with Crippen molar-refractivity contribution in [3.05, 3.63) is 65.0 Å². The van der Waals surface area contributed by atoms with E-state index in [0.717, 1.165) is 28.4 Å². The van der Waals surface area contributed by atoms with E-state index in [1.807, 2.05) is 50.2 Å². The number of hydrogen-bond donors (Lipinski definition) is 1. The zero-order chi connectivity index (χ0) is 24.8. The molecule has 1 aromatic heterocycles. The highest BCUT2D eigenvalue weighted by molar-refractivity contribution is 6.10. The Morgan fingerprint density at radius 2 is 1.56 bits per heavy atom. The fourth-order valence-electron chi connectivity index (χ4n) is 3.72. The third kappa shape index (κ3) is 4.84. The monoisotopic (exact) mass is 461 g/mol. The van der Waals surface area contributed by atoms with Crippen molar-refractivity contribution in [1.29, 1.82) is 5.26 Å². The number of benzene rings is 2. The predicted octanol–water partition coefficient (Wildman–Crippen LogP) is 4.67.